The van der Waals surface area contributed by atoms with E-state index in [1.54, 1.807) is 18.2 Å². The lowest BCUT2D eigenvalue weighted by atomic mass is 10.00. The van der Waals surface area contributed by atoms with E-state index in [9.17, 15) is 12.8 Å². The van der Waals surface area contributed by atoms with Gasteiger partial charge in [0, 0.05) is 31.8 Å². The first kappa shape index (κ1) is 15.4. The number of aliphatic hydroxyl groups excluding tert-OH is 1. The molecule has 1 aromatic carbocycles. The van der Waals surface area contributed by atoms with E-state index >= 15 is 0 Å². The van der Waals surface area contributed by atoms with E-state index in [1.807, 2.05) is 0 Å². The molecule has 1 fully saturated rings. The van der Waals surface area contributed by atoms with Gasteiger partial charge in [-0.2, -0.15) is 17.4 Å². The molecule has 0 spiro atoms. The lowest BCUT2D eigenvalue weighted by Gasteiger charge is -2.30. The van der Waals surface area contributed by atoms with Gasteiger partial charge in [-0.15, -0.1) is 0 Å². The van der Waals surface area contributed by atoms with E-state index in [0.29, 0.717) is 31.5 Å². The number of nitrogens with one attached hydrogen (secondary N) is 1. The Morgan fingerprint density at radius 2 is 1.95 bits per heavy atom. The van der Waals surface area contributed by atoms with Gasteiger partial charge in [-0.05, 0) is 24.8 Å². The third kappa shape index (κ3) is 3.76. The van der Waals surface area contributed by atoms with Crippen molar-refractivity contribution in [2.24, 2.45) is 5.92 Å². The van der Waals surface area contributed by atoms with E-state index in [2.05, 4.69) is 4.72 Å². The van der Waals surface area contributed by atoms with E-state index < -0.39 is 16.0 Å². The van der Waals surface area contributed by atoms with Crippen LogP contribution in [0.5, 0.6) is 0 Å². The standard InChI is InChI=1S/C13H19FN2O3S/c14-13-4-2-1-3-12(13)9-15-20(18,19)16-7-5-11(10-17)6-8-16/h1-4,11,15,17H,5-10H2. The Labute approximate surface area is 118 Å². The maximum Gasteiger partial charge on any atom is 0.279 e. The Morgan fingerprint density at radius 1 is 1.30 bits per heavy atom. The number of piperidine rings is 1. The van der Waals surface area contributed by atoms with Crippen LogP contribution in [0.2, 0.25) is 0 Å². The molecule has 20 heavy (non-hydrogen) atoms. The summed E-state index contributed by atoms with van der Waals surface area (Å²) >= 11 is 0. The highest BCUT2D eigenvalue weighted by Gasteiger charge is 2.27. The van der Waals surface area contributed by atoms with Gasteiger partial charge in [0.05, 0.1) is 0 Å². The summed E-state index contributed by atoms with van der Waals surface area (Å²) in [5.41, 5.74) is 0.321. The molecule has 1 aromatic rings. The largest absolute Gasteiger partial charge is 0.396 e. The second kappa shape index (κ2) is 6.62. The monoisotopic (exact) mass is 302 g/mol. The fourth-order valence-corrected chi connectivity index (χ4v) is 3.45. The Balaban J connectivity index is 1.93. The Kier molecular flexibility index (Phi) is 5.09. The number of hydrogen-bond acceptors (Lipinski definition) is 3. The highest BCUT2D eigenvalue weighted by atomic mass is 32.2. The topological polar surface area (TPSA) is 69.6 Å². The summed E-state index contributed by atoms with van der Waals surface area (Å²) in [5, 5.41) is 9.04. The molecule has 0 aromatic heterocycles. The Bertz CT molecular complexity index is 542. The SMILES string of the molecule is O=S(=O)(NCc1ccccc1F)N1CCC(CO)CC1. The molecular formula is C13H19FN2O3S. The van der Waals surface area contributed by atoms with Crippen LogP contribution in [0.25, 0.3) is 0 Å². The maximum atomic E-state index is 13.4. The summed E-state index contributed by atoms with van der Waals surface area (Å²) in [4.78, 5) is 0. The van der Waals surface area contributed by atoms with Crippen molar-refractivity contribution in [2.75, 3.05) is 19.7 Å². The van der Waals surface area contributed by atoms with Crippen LogP contribution in [-0.2, 0) is 16.8 Å². The van der Waals surface area contributed by atoms with Gasteiger partial charge in [-0.25, -0.2) is 4.39 Å². The van der Waals surface area contributed by atoms with Crippen LogP contribution >= 0.6 is 0 Å². The minimum Gasteiger partial charge on any atom is -0.396 e. The van der Waals surface area contributed by atoms with E-state index in [4.69, 9.17) is 5.11 Å². The van der Waals surface area contributed by atoms with Crippen molar-refractivity contribution in [2.45, 2.75) is 19.4 Å². The predicted octanol–water partition coefficient (Wildman–Crippen LogP) is 0.864. The number of aliphatic hydroxyl groups is 1. The third-order valence-corrected chi connectivity index (χ3v) is 5.13. The normalized spacial score (nSPS) is 18.3. The predicted molar refractivity (Wildman–Crippen MR) is 73.5 cm³/mol. The van der Waals surface area contributed by atoms with Crippen molar-refractivity contribution >= 4 is 10.2 Å². The smallest absolute Gasteiger partial charge is 0.279 e. The lowest BCUT2D eigenvalue weighted by molar-refractivity contribution is 0.169. The number of benzene rings is 1. The van der Waals surface area contributed by atoms with E-state index in [-0.39, 0.29) is 19.1 Å². The molecule has 0 atom stereocenters. The highest BCUT2D eigenvalue weighted by molar-refractivity contribution is 7.87. The van der Waals surface area contributed by atoms with Gasteiger partial charge in [-0.3, -0.25) is 0 Å². The molecule has 0 amide bonds. The molecular weight excluding hydrogens is 283 g/mol. The Hall–Kier alpha value is -1.02. The average molecular weight is 302 g/mol. The van der Waals surface area contributed by atoms with Crippen LogP contribution in [0.1, 0.15) is 18.4 Å². The fraction of sp³-hybridized carbons (Fsp3) is 0.538. The van der Waals surface area contributed by atoms with Crippen molar-refractivity contribution in [3.63, 3.8) is 0 Å². The minimum atomic E-state index is -3.59. The zero-order valence-electron chi connectivity index (χ0n) is 11.1. The molecule has 1 saturated heterocycles. The van der Waals surface area contributed by atoms with Crippen molar-refractivity contribution in [1.29, 1.82) is 0 Å². The second-order valence-electron chi connectivity index (χ2n) is 4.94. The molecule has 7 heteroatoms. The van der Waals surface area contributed by atoms with Gasteiger partial charge in [-0.1, -0.05) is 18.2 Å². The first-order chi connectivity index (χ1) is 9.53. The van der Waals surface area contributed by atoms with Gasteiger partial charge in [0.1, 0.15) is 5.82 Å². The van der Waals surface area contributed by atoms with E-state index in [0.717, 1.165) is 0 Å². The minimum absolute atomic E-state index is 0.0606. The van der Waals surface area contributed by atoms with Crippen molar-refractivity contribution < 1.29 is 17.9 Å². The highest BCUT2D eigenvalue weighted by Crippen LogP contribution is 2.18. The molecule has 2 rings (SSSR count). The van der Waals surface area contributed by atoms with Gasteiger partial charge in [0.15, 0.2) is 0 Å². The first-order valence-electron chi connectivity index (χ1n) is 6.62. The van der Waals surface area contributed by atoms with Gasteiger partial charge < -0.3 is 5.11 Å². The van der Waals surface area contributed by atoms with Crippen LogP contribution in [0.4, 0.5) is 4.39 Å². The molecule has 1 heterocycles. The molecule has 5 nitrogen and oxygen atoms in total. The maximum absolute atomic E-state index is 13.4. The zero-order valence-corrected chi connectivity index (χ0v) is 11.9. The van der Waals surface area contributed by atoms with Gasteiger partial charge in [0.2, 0.25) is 0 Å². The molecule has 2 N–H and O–H groups in total. The second-order valence-corrected chi connectivity index (χ2v) is 6.70. The average Bonchev–Trinajstić information content (AvgIpc) is 2.46. The van der Waals surface area contributed by atoms with Crippen molar-refractivity contribution in [3.05, 3.63) is 35.6 Å². The summed E-state index contributed by atoms with van der Waals surface area (Å²) in [6, 6.07) is 6.08. The molecule has 112 valence electrons. The number of nitrogens with zero attached hydrogens (tertiary/aromatic N) is 1. The summed E-state index contributed by atoms with van der Waals surface area (Å²) in [5.74, 6) is -0.248. The van der Waals surface area contributed by atoms with E-state index in [1.165, 1.54) is 10.4 Å². The number of hydrogen-bond donors (Lipinski definition) is 2. The molecule has 0 radical (unpaired) electrons. The third-order valence-electron chi connectivity index (χ3n) is 3.57. The van der Waals surface area contributed by atoms with Crippen LogP contribution in [0.15, 0.2) is 24.3 Å². The molecule has 0 aliphatic carbocycles. The van der Waals surface area contributed by atoms with Crippen LogP contribution in [-0.4, -0.2) is 37.5 Å². The lowest BCUT2D eigenvalue weighted by Crippen LogP contribution is -2.45. The number of halogens is 1. The molecule has 1 aliphatic heterocycles. The van der Waals surface area contributed by atoms with Crippen LogP contribution in [0.3, 0.4) is 0 Å². The molecule has 1 aliphatic rings. The Morgan fingerprint density at radius 3 is 2.55 bits per heavy atom. The quantitative estimate of drug-likeness (QED) is 0.848. The van der Waals surface area contributed by atoms with Crippen LogP contribution in [0, 0.1) is 11.7 Å². The molecule has 0 bridgehead atoms. The number of rotatable bonds is 5. The van der Waals surface area contributed by atoms with Gasteiger partial charge in [0.25, 0.3) is 10.2 Å². The van der Waals surface area contributed by atoms with Gasteiger partial charge >= 0.3 is 0 Å². The molecule has 0 unspecified atom stereocenters. The summed E-state index contributed by atoms with van der Waals surface area (Å²) in [6.45, 7) is 0.807. The first-order valence-corrected chi connectivity index (χ1v) is 8.06. The van der Waals surface area contributed by atoms with Crippen molar-refractivity contribution in [1.82, 2.24) is 9.03 Å². The fourth-order valence-electron chi connectivity index (χ4n) is 2.23. The van der Waals surface area contributed by atoms with Crippen LogP contribution < -0.4 is 4.72 Å². The zero-order chi connectivity index (χ0) is 14.6. The molecule has 0 saturated carbocycles. The van der Waals surface area contributed by atoms with Crippen molar-refractivity contribution in [3.8, 4) is 0 Å². The summed E-state index contributed by atoms with van der Waals surface area (Å²) in [6.07, 6.45) is 1.30. The summed E-state index contributed by atoms with van der Waals surface area (Å²) in [7, 11) is -3.59. The summed E-state index contributed by atoms with van der Waals surface area (Å²) < 4.78 is 41.4.